The molecule has 0 aliphatic carbocycles. The van der Waals surface area contributed by atoms with Crippen LogP contribution in [0.15, 0.2) is 20.2 Å². The van der Waals surface area contributed by atoms with Gasteiger partial charge in [-0.1, -0.05) is 19.0 Å². The van der Waals surface area contributed by atoms with Gasteiger partial charge in [-0.25, -0.2) is 8.42 Å². The molecule has 1 unspecified atom stereocenters. The second kappa shape index (κ2) is 6.89. The predicted molar refractivity (Wildman–Crippen MR) is 83.4 cm³/mol. The highest BCUT2D eigenvalue weighted by molar-refractivity contribution is 7.92. The van der Waals surface area contributed by atoms with Crippen molar-refractivity contribution in [2.24, 2.45) is 5.92 Å². The molecule has 0 aromatic carbocycles. The summed E-state index contributed by atoms with van der Waals surface area (Å²) in [7, 11) is -3.46. The highest BCUT2D eigenvalue weighted by Crippen LogP contribution is 2.25. The molecule has 2 aromatic heterocycles. The van der Waals surface area contributed by atoms with Crippen molar-refractivity contribution in [1.29, 1.82) is 0 Å². The van der Waals surface area contributed by atoms with Gasteiger partial charge in [0.1, 0.15) is 16.1 Å². The van der Waals surface area contributed by atoms with Crippen molar-refractivity contribution < 1.29 is 17.7 Å². The van der Waals surface area contributed by atoms with Crippen LogP contribution in [-0.2, 0) is 20.3 Å². The first-order chi connectivity index (χ1) is 10.3. The molecule has 0 fully saturated rings. The molecule has 0 N–H and O–H groups in total. The van der Waals surface area contributed by atoms with Gasteiger partial charge in [0.2, 0.25) is 5.89 Å². The second-order valence-corrected chi connectivity index (χ2v) is 8.67. The summed E-state index contributed by atoms with van der Waals surface area (Å²) in [6.45, 7) is 8.26. The lowest BCUT2D eigenvalue weighted by atomic mass is 10.2. The zero-order chi connectivity index (χ0) is 16.3. The Balaban J connectivity index is 2.08. The van der Waals surface area contributed by atoms with Crippen molar-refractivity contribution >= 4 is 21.2 Å². The average Bonchev–Trinajstić information content (AvgIpc) is 3.04. The summed E-state index contributed by atoms with van der Waals surface area (Å²) < 4.78 is 35.6. The summed E-state index contributed by atoms with van der Waals surface area (Å²) in [6, 6.07) is 1.78. The van der Waals surface area contributed by atoms with Crippen molar-refractivity contribution in [3.05, 3.63) is 28.7 Å². The first kappa shape index (κ1) is 17.1. The fraction of sp³-hybridized carbons (Fsp3) is 0.571. The molecule has 0 saturated carbocycles. The Hall–Kier alpha value is -1.25. The number of sulfone groups is 1. The molecule has 0 radical (unpaired) electrons. The SMILES string of the molecule is Cc1ccsc1S(=O)(=O)Cc1nc(C(C)OCC(C)C)no1. The van der Waals surface area contributed by atoms with Gasteiger partial charge >= 0.3 is 0 Å². The van der Waals surface area contributed by atoms with E-state index in [1.54, 1.807) is 18.4 Å². The Morgan fingerprint density at radius 2 is 2.09 bits per heavy atom. The molecule has 0 aliphatic rings. The maximum atomic E-state index is 12.3. The summed E-state index contributed by atoms with van der Waals surface area (Å²) in [4.78, 5) is 4.14. The molecular formula is C14H20N2O4S2. The van der Waals surface area contributed by atoms with Crippen LogP contribution in [0.2, 0.25) is 0 Å². The van der Waals surface area contributed by atoms with Crippen LogP contribution in [0.4, 0.5) is 0 Å². The standard InChI is InChI=1S/C14H20N2O4S2/c1-9(2)7-19-11(4)13-15-12(20-16-13)8-22(17,18)14-10(3)5-6-21-14/h5-6,9,11H,7-8H2,1-4H3. The first-order valence-corrected chi connectivity index (χ1v) is 9.53. The van der Waals surface area contributed by atoms with Gasteiger partial charge in [0.25, 0.3) is 0 Å². The maximum Gasteiger partial charge on any atom is 0.242 e. The number of rotatable bonds is 7. The largest absolute Gasteiger partial charge is 0.370 e. The Labute approximate surface area is 134 Å². The van der Waals surface area contributed by atoms with E-state index in [4.69, 9.17) is 9.26 Å². The number of nitrogens with zero attached hydrogens (tertiary/aromatic N) is 2. The molecule has 0 spiro atoms. The van der Waals surface area contributed by atoms with Gasteiger partial charge in [-0.05, 0) is 36.8 Å². The zero-order valence-electron chi connectivity index (χ0n) is 13.1. The molecule has 8 heteroatoms. The first-order valence-electron chi connectivity index (χ1n) is 7.00. The van der Waals surface area contributed by atoms with E-state index in [0.29, 0.717) is 22.6 Å². The number of hydrogen-bond acceptors (Lipinski definition) is 7. The monoisotopic (exact) mass is 344 g/mol. The van der Waals surface area contributed by atoms with E-state index < -0.39 is 9.84 Å². The van der Waals surface area contributed by atoms with Crippen LogP contribution in [0.1, 0.15) is 44.2 Å². The molecule has 22 heavy (non-hydrogen) atoms. The van der Waals surface area contributed by atoms with Crippen molar-refractivity contribution in [2.45, 2.75) is 43.8 Å². The molecule has 2 rings (SSSR count). The smallest absolute Gasteiger partial charge is 0.242 e. The van der Waals surface area contributed by atoms with Gasteiger partial charge in [-0.15, -0.1) is 11.3 Å². The average molecular weight is 344 g/mol. The van der Waals surface area contributed by atoms with Gasteiger partial charge in [-0.3, -0.25) is 0 Å². The van der Waals surface area contributed by atoms with Gasteiger partial charge in [0.15, 0.2) is 15.7 Å². The van der Waals surface area contributed by atoms with Crippen LogP contribution in [0, 0.1) is 12.8 Å². The van der Waals surface area contributed by atoms with Crippen LogP contribution in [0.25, 0.3) is 0 Å². The van der Waals surface area contributed by atoms with Crippen molar-refractivity contribution in [2.75, 3.05) is 6.61 Å². The normalized spacial score (nSPS) is 13.7. The highest BCUT2D eigenvalue weighted by atomic mass is 32.2. The van der Waals surface area contributed by atoms with Crippen LogP contribution in [-0.4, -0.2) is 25.2 Å². The molecule has 0 amide bonds. The molecule has 1 atom stereocenters. The minimum Gasteiger partial charge on any atom is -0.370 e. The molecule has 0 aliphatic heterocycles. The van der Waals surface area contributed by atoms with E-state index in [9.17, 15) is 8.42 Å². The number of hydrogen-bond donors (Lipinski definition) is 0. The van der Waals surface area contributed by atoms with Gasteiger partial charge in [0, 0.05) is 6.61 Å². The predicted octanol–water partition coefficient (Wildman–Crippen LogP) is 3.15. The highest BCUT2D eigenvalue weighted by Gasteiger charge is 2.24. The maximum absolute atomic E-state index is 12.3. The molecule has 122 valence electrons. The lowest BCUT2D eigenvalue weighted by Crippen LogP contribution is -2.08. The quantitative estimate of drug-likeness (QED) is 0.767. The van der Waals surface area contributed by atoms with Gasteiger partial charge < -0.3 is 9.26 Å². The van der Waals surface area contributed by atoms with Crippen LogP contribution in [0.3, 0.4) is 0 Å². The van der Waals surface area contributed by atoms with Gasteiger partial charge in [-0.2, -0.15) is 4.98 Å². The zero-order valence-corrected chi connectivity index (χ0v) is 14.7. The van der Waals surface area contributed by atoms with Crippen LogP contribution < -0.4 is 0 Å². The summed E-state index contributed by atoms with van der Waals surface area (Å²) in [5.41, 5.74) is 0.735. The Morgan fingerprint density at radius 3 is 2.68 bits per heavy atom. The summed E-state index contributed by atoms with van der Waals surface area (Å²) in [6.07, 6.45) is -0.328. The lowest BCUT2D eigenvalue weighted by Gasteiger charge is -2.10. The van der Waals surface area contributed by atoms with Crippen molar-refractivity contribution in [1.82, 2.24) is 10.1 Å². The van der Waals surface area contributed by atoms with E-state index in [0.717, 1.165) is 5.56 Å². The minimum absolute atomic E-state index is 0.0859. The van der Waals surface area contributed by atoms with Crippen molar-refractivity contribution in [3.8, 4) is 0 Å². The van der Waals surface area contributed by atoms with E-state index in [1.165, 1.54) is 11.3 Å². The summed E-state index contributed by atoms with van der Waals surface area (Å²) >= 11 is 1.20. The van der Waals surface area contributed by atoms with E-state index in [2.05, 4.69) is 10.1 Å². The lowest BCUT2D eigenvalue weighted by molar-refractivity contribution is 0.0402. The third kappa shape index (κ3) is 4.15. The Morgan fingerprint density at radius 1 is 1.36 bits per heavy atom. The fourth-order valence-corrected chi connectivity index (χ4v) is 4.52. The number of aryl methyl sites for hydroxylation is 1. The topological polar surface area (TPSA) is 82.3 Å². The molecule has 2 aromatic rings. The van der Waals surface area contributed by atoms with E-state index in [-0.39, 0.29) is 17.7 Å². The third-order valence-electron chi connectivity index (χ3n) is 2.94. The number of thiophene rings is 1. The second-order valence-electron chi connectivity index (χ2n) is 5.57. The molecule has 0 saturated heterocycles. The van der Waals surface area contributed by atoms with E-state index in [1.807, 2.05) is 20.8 Å². The summed E-state index contributed by atoms with van der Waals surface area (Å²) in [5.74, 6) is 0.561. The van der Waals surface area contributed by atoms with Crippen LogP contribution in [0.5, 0.6) is 0 Å². The minimum atomic E-state index is -3.46. The van der Waals surface area contributed by atoms with Crippen LogP contribution >= 0.6 is 11.3 Å². The summed E-state index contributed by atoms with van der Waals surface area (Å²) in [5, 5.41) is 5.56. The van der Waals surface area contributed by atoms with Gasteiger partial charge in [0.05, 0.1) is 0 Å². The molecule has 0 bridgehead atoms. The number of aromatic nitrogens is 2. The molecule has 6 nitrogen and oxygen atoms in total. The van der Waals surface area contributed by atoms with E-state index >= 15 is 0 Å². The molecule has 2 heterocycles. The Kier molecular flexibility index (Phi) is 5.36. The molecular weight excluding hydrogens is 324 g/mol. The fourth-order valence-electron chi connectivity index (χ4n) is 1.81. The Bertz CT molecular complexity index is 719. The number of ether oxygens (including phenoxy) is 1. The van der Waals surface area contributed by atoms with Crippen molar-refractivity contribution in [3.63, 3.8) is 0 Å². The third-order valence-corrected chi connectivity index (χ3v) is 6.31.